The Morgan fingerprint density at radius 3 is 2.31 bits per heavy atom. The Balaban J connectivity index is 2.27. The molecular formula is C11H23NO. The van der Waals surface area contributed by atoms with E-state index in [2.05, 4.69) is 13.8 Å². The summed E-state index contributed by atoms with van der Waals surface area (Å²) < 4.78 is 0. The van der Waals surface area contributed by atoms with Gasteiger partial charge in [-0.15, -0.1) is 0 Å². The van der Waals surface area contributed by atoms with E-state index >= 15 is 0 Å². The zero-order valence-corrected chi connectivity index (χ0v) is 8.87. The minimum Gasteiger partial charge on any atom is -0.395 e. The van der Waals surface area contributed by atoms with Gasteiger partial charge in [0.05, 0.1) is 6.61 Å². The largest absolute Gasteiger partial charge is 0.395 e. The molecule has 1 rings (SSSR count). The highest BCUT2D eigenvalue weighted by Gasteiger charge is 2.29. The zero-order valence-electron chi connectivity index (χ0n) is 8.87. The highest BCUT2D eigenvalue weighted by Crippen LogP contribution is 2.39. The van der Waals surface area contributed by atoms with E-state index in [-0.39, 0.29) is 12.6 Å². The third-order valence-corrected chi connectivity index (χ3v) is 3.64. The first-order chi connectivity index (χ1) is 6.15. The van der Waals surface area contributed by atoms with E-state index in [0.29, 0.717) is 0 Å². The molecule has 0 aromatic carbocycles. The van der Waals surface area contributed by atoms with Gasteiger partial charge in [0.1, 0.15) is 0 Å². The molecule has 3 atom stereocenters. The van der Waals surface area contributed by atoms with Crippen LogP contribution >= 0.6 is 0 Å². The molecule has 78 valence electrons. The fraction of sp³-hybridized carbons (Fsp3) is 1.00. The first-order valence-electron chi connectivity index (χ1n) is 5.51. The summed E-state index contributed by atoms with van der Waals surface area (Å²) in [6.45, 7) is 4.83. The van der Waals surface area contributed by atoms with Crippen molar-refractivity contribution in [1.29, 1.82) is 0 Å². The zero-order chi connectivity index (χ0) is 9.84. The molecule has 0 aliphatic heterocycles. The average molecular weight is 185 g/mol. The normalized spacial score (nSPS) is 36.5. The Hall–Kier alpha value is -0.0800. The molecule has 0 aromatic rings. The molecule has 0 amide bonds. The predicted octanol–water partition coefficient (Wildman–Crippen LogP) is 1.77. The van der Waals surface area contributed by atoms with E-state index in [1.54, 1.807) is 0 Å². The molecule has 0 radical (unpaired) electrons. The van der Waals surface area contributed by atoms with Gasteiger partial charge >= 0.3 is 0 Å². The Bertz CT molecular complexity index is 139. The summed E-state index contributed by atoms with van der Waals surface area (Å²) in [5.41, 5.74) is 5.69. The smallest absolute Gasteiger partial charge is 0.0582 e. The maximum atomic E-state index is 8.82. The van der Waals surface area contributed by atoms with Crippen LogP contribution in [0.4, 0.5) is 0 Å². The topological polar surface area (TPSA) is 46.2 Å². The minimum atomic E-state index is -0.000000000000000222. The monoisotopic (exact) mass is 185 g/mol. The summed E-state index contributed by atoms with van der Waals surface area (Å²) >= 11 is 0. The lowest BCUT2D eigenvalue weighted by Crippen LogP contribution is -2.26. The van der Waals surface area contributed by atoms with Gasteiger partial charge < -0.3 is 10.8 Å². The van der Waals surface area contributed by atoms with Gasteiger partial charge in [0.2, 0.25) is 0 Å². The first kappa shape index (κ1) is 11.0. The number of rotatable bonds is 4. The molecular weight excluding hydrogens is 162 g/mol. The van der Waals surface area contributed by atoms with Crippen LogP contribution in [0.1, 0.15) is 39.5 Å². The Morgan fingerprint density at radius 1 is 1.31 bits per heavy atom. The highest BCUT2D eigenvalue weighted by atomic mass is 16.3. The minimum absolute atomic E-state index is 0.000000000000000222. The molecule has 0 spiro atoms. The highest BCUT2D eigenvalue weighted by molar-refractivity contribution is 4.80. The second-order valence-corrected chi connectivity index (χ2v) is 4.72. The number of nitrogens with two attached hydrogens (primary N) is 1. The summed E-state index contributed by atoms with van der Waals surface area (Å²) in [4.78, 5) is 0. The molecule has 2 nitrogen and oxygen atoms in total. The Kier molecular flexibility index (Phi) is 4.20. The summed E-state index contributed by atoms with van der Waals surface area (Å²) in [5.74, 6) is 2.57. The van der Waals surface area contributed by atoms with Crippen LogP contribution in [0.5, 0.6) is 0 Å². The standard InChI is InChI=1S/C11H23NO/c1-8-3-4-9(2)11(8)6-5-10(12)7-13/h8-11,13H,3-7,12H2,1-2H3. The van der Waals surface area contributed by atoms with Crippen LogP contribution < -0.4 is 5.73 Å². The van der Waals surface area contributed by atoms with Crippen LogP contribution in [-0.2, 0) is 0 Å². The number of hydrogen-bond donors (Lipinski definition) is 2. The average Bonchev–Trinajstić information content (AvgIpc) is 2.43. The van der Waals surface area contributed by atoms with Crippen molar-refractivity contribution in [2.75, 3.05) is 6.61 Å². The molecule has 3 unspecified atom stereocenters. The maximum Gasteiger partial charge on any atom is 0.0582 e. The van der Waals surface area contributed by atoms with E-state index in [9.17, 15) is 0 Å². The van der Waals surface area contributed by atoms with Gasteiger partial charge in [0.15, 0.2) is 0 Å². The Morgan fingerprint density at radius 2 is 1.85 bits per heavy atom. The number of aliphatic hydroxyl groups excluding tert-OH is 1. The van der Waals surface area contributed by atoms with E-state index in [0.717, 1.165) is 24.2 Å². The van der Waals surface area contributed by atoms with Crippen molar-refractivity contribution < 1.29 is 5.11 Å². The van der Waals surface area contributed by atoms with E-state index in [4.69, 9.17) is 10.8 Å². The summed E-state index contributed by atoms with van der Waals surface area (Å²) in [7, 11) is 0. The second-order valence-electron chi connectivity index (χ2n) is 4.72. The van der Waals surface area contributed by atoms with E-state index < -0.39 is 0 Å². The van der Waals surface area contributed by atoms with Crippen molar-refractivity contribution in [2.45, 2.75) is 45.6 Å². The van der Waals surface area contributed by atoms with Crippen molar-refractivity contribution in [1.82, 2.24) is 0 Å². The van der Waals surface area contributed by atoms with Crippen LogP contribution in [0.15, 0.2) is 0 Å². The summed E-state index contributed by atoms with van der Waals surface area (Å²) in [5, 5.41) is 8.82. The quantitative estimate of drug-likeness (QED) is 0.701. The van der Waals surface area contributed by atoms with Gasteiger partial charge in [-0.1, -0.05) is 26.7 Å². The lowest BCUT2D eigenvalue weighted by atomic mass is 9.86. The molecule has 2 heteroatoms. The third-order valence-electron chi connectivity index (χ3n) is 3.64. The van der Waals surface area contributed by atoms with Crippen LogP contribution in [0.2, 0.25) is 0 Å². The van der Waals surface area contributed by atoms with E-state index in [1.165, 1.54) is 19.3 Å². The van der Waals surface area contributed by atoms with Gasteiger partial charge in [-0.05, 0) is 30.6 Å². The van der Waals surface area contributed by atoms with Gasteiger partial charge in [-0.2, -0.15) is 0 Å². The first-order valence-corrected chi connectivity index (χ1v) is 5.51. The lowest BCUT2D eigenvalue weighted by molar-refractivity contribution is 0.238. The van der Waals surface area contributed by atoms with Crippen LogP contribution in [0, 0.1) is 17.8 Å². The third kappa shape index (κ3) is 2.96. The lowest BCUT2D eigenvalue weighted by Gasteiger charge is -2.21. The molecule has 1 fully saturated rings. The van der Waals surface area contributed by atoms with Crippen molar-refractivity contribution in [3.05, 3.63) is 0 Å². The summed E-state index contributed by atoms with van der Waals surface area (Å²) in [6, 6.07) is -0.000000000000000222. The number of hydrogen-bond acceptors (Lipinski definition) is 2. The fourth-order valence-corrected chi connectivity index (χ4v) is 2.58. The molecule has 1 saturated carbocycles. The molecule has 0 heterocycles. The number of aliphatic hydroxyl groups is 1. The SMILES string of the molecule is CC1CCC(C)C1CCC(N)CO. The van der Waals surface area contributed by atoms with Crippen molar-refractivity contribution in [2.24, 2.45) is 23.5 Å². The van der Waals surface area contributed by atoms with Crippen LogP contribution in [-0.4, -0.2) is 17.8 Å². The molecule has 0 bridgehead atoms. The summed E-state index contributed by atoms with van der Waals surface area (Å²) in [6.07, 6.45) is 4.93. The molecule has 1 aliphatic carbocycles. The molecule has 0 saturated heterocycles. The maximum absolute atomic E-state index is 8.82. The molecule has 1 aliphatic rings. The van der Waals surface area contributed by atoms with Gasteiger partial charge in [0.25, 0.3) is 0 Å². The molecule has 13 heavy (non-hydrogen) atoms. The van der Waals surface area contributed by atoms with Gasteiger partial charge in [-0.3, -0.25) is 0 Å². The van der Waals surface area contributed by atoms with Crippen molar-refractivity contribution in [3.8, 4) is 0 Å². The second kappa shape index (κ2) is 4.97. The Labute approximate surface area is 81.5 Å². The van der Waals surface area contributed by atoms with Crippen molar-refractivity contribution >= 4 is 0 Å². The fourth-order valence-electron chi connectivity index (χ4n) is 2.58. The van der Waals surface area contributed by atoms with Crippen LogP contribution in [0.3, 0.4) is 0 Å². The van der Waals surface area contributed by atoms with E-state index in [1.807, 2.05) is 0 Å². The van der Waals surface area contributed by atoms with Crippen LogP contribution in [0.25, 0.3) is 0 Å². The molecule has 0 aromatic heterocycles. The van der Waals surface area contributed by atoms with Gasteiger partial charge in [0, 0.05) is 6.04 Å². The predicted molar refractivity (Wildman–Crippen MR) is 55.3 cm³/mol. The van der Waals surface area contributed by atoms with Crippen molar-refractivity contribution in [3.63, 3.8) is 0 Å². The van der Waals surface area contributed by atoms with Gasteiger partial charge in [-0.25, -0.2) is 0 Å². The molecule has 3 N–H and O–H groups in total.